The van der Waals surface area contributed by atoms with Crippen LogP contribution < -0.4 is 0 Å². The maximum atomic E-state index is 9.04. The van der Waals surface area contributed by atoms with Gasteiger partial charge in [-0.15, -0.1) is 21.5 Å². The first-order valence-corrected chi connectivity index (χ1v) is 7.71. The van der Waals surface area contributed by atoms with Crippen molar-refractivity contribution in [3.05, 3.63) is 52.9 Å². The van der Waals surface area contributed by atoms with Gasteiger partial charge in [0.15, 0.2) is 0 Å². The van der Waals surface area contributed by atoms with Crippen molar-refractivity contribution < 1.29 is 4.42 Å². The fourth-order valence-corrected chi connectivity index (χ4v) is 3.07. The Balaban J connectivity index is 1.72. The molecule has 0 radical (unpaired) electrons. The SMILES string of the molecule is N#Cc1ccccc1CSc1nnc(-c2cccs2)o1. The summed E-state index contributed by atoms with van der Waals surface area (Å²) in [5.74, 6) is 1.17. The summed E-state index contributed by atoms with van der Waals surface area (Å²) in [6.45, 7) is 0. The highest BCUT2D eigenvalue weighted by molar-refractivity contribution is 7.98. The average molecular weight is 299 g/mol. The average Bonchev–Trinajstić information content (AvgIpc) is 3.16. The van der Waals surface area contributed by atoms with Crippen molar-refractivity contribution in [2.45, 2.75) is 11.0 Å². The van der Waals surface area contributed by atoms with Crippen LogP contribution in [0.5, 0.6) is 0 Å². The molecule has 1 aromatic carbocycles. The van der Waals surface area contributed by atoms with Gasteiger partial charge >= 0.3 is 0 Å². The number of benzene rings is 1. The van der Waals surface area contributed by atoms with E-state index in [9.17, 15) is 0 Å². The lowest BCUT2D eigenvalue weighted by Crippen LogP contribution is -1.86. The van der Waals surface area contributed by atoms with Crippen molar-refractivity contribution >= 4 is 23.1 Å². The molecule has 0 atom stereocenters. The molecule has 98 valence electrons. The van der Waals surface area contributed by atoms with Gasteiger partial charge in [-0.1, -0.05) is 36.0 Å². The molecule has 2 aromatic heterocycles. The van der Waals surface area contributed by atoms with Crippen molar-refractivity contribution in [1.29, 1.82) is 5.26 Å². The van der Waals surface area contributed by atoms with Crippen LogP contribution in [-0.2, 0) is 5.75 Å². The Morgan fingerprint density at radius 3 is 2.90 bits per heavy atom. The highest BCUT2D eigenvalue weighted by Crippen LogP contribution is 2.28. The van der Waals surface area contributed by atoms with E-state index in [4.69, 9.17) is 9.68 Å². The summed E-state index contributed by atoms with van der Waals surface area (Å²) in [6, 6.07) is 13.6. The Labute approximate surface area is 124 Å². The maximum absolute atomic E-state index is 9.04. The molecule has 3 rings (SSSR count). The van der Waals surface area contributed by atoms with Crippen molar-refractivity contribution in [1.82, 2.24) is 10.2 Å². The van der Waals surface area contributed by atoms with Gasteiger partial charge in [0, 0.05) is 5.75 Å². The number of aromatic nitrogens is 2. The third kappa shape index (κ3) is 2.74. The van der Waals surface area contributed by atoms with Gasteiger partial charge in [-0.25, -0.2) is 0 Å². The van der Waals surface area contributed by atoms with Crippen LogP contribution in [0.15, 0.2) is 51.4 Å². The van der Waals surface area contributed by atoms with Crippen LogP contribution in [0.1, 0.15) is 11.1 Å². The fraction of sp³-hybridized carbons (Fsp3) is 0.0714. The third-order valence-corrected chi connectivity index (χ3v) is 4.35. The molecule has 0 spiro atoms. The molecule has 0 saturated carbocycles. The number of nitriles is 1. The van der Waals surface area contributed by atoms with Crippen molar-refractivity contribution in [2.24, 2.45) is 0 Å². The molecular formula is C14H9N3OS2. The Morgan fingerprint density at radius 1 is 1.20 bits per heavy atom. The van der Waals surface area contributed by atoms with Crippen LogP contribution in [0.4, 0.5) is 0 Å². The van der Waals surface area contributed by atoms with E-state index in [0.717, 1.165) is 10.4 Å². The van der Waals surface area contributed by atoms with E-state index in [1.165, 1.54) is 11.8 Å². The lowest BCUT2D eigenvalue weighted by molar-refractivity contribution is 0.466. The summed E-state index contributed by atoms with van der Waals surface area (Å²) in [4.78, 5) is 0.960. The molecule has 3 aromatic rings. The van der Waals surface area contributed by atoms with Gasteiger partial charge in [0.05, 0.1) is 16.5 Å². The normalized spacial score (nSPS) is 10.3. The van der Waals surface area contributed by atoms with Gasteiger partial charge in [-0.3, -0.25) is 0 Å². The summed E-state index contributed by atoms with van der Waals surface area (Å²) in [5.41, 5.74) is 1.65. The summed E-state index contributed by atoms with van der Waals surface area (Å²) in [5, 5.41) is 19.6. The lowest BCUT2D eigenvalue weighted by atomic mass is 10.1. The number of thioether (sulfide) groups is 1. The molecule has 6 heteroatoms. The number of nitrogens with zero attached hydrogens (tertiary/aromatic N) is 3. The first-order chi connectivity index (χ1) is 9.86. The second kappa shape index (κ2) is 5.90. The van der Waals surface area contributed by atoms with E-state index < -0.39 is 0 Å². The number of hydrogen-bond donors (Lipinski definition) is 0. The highest BCUT2D eigenvalue weighted by atomic mass is 32.2. The second-order valence-corrected chi connectivity index (χ2v) is 5.78. The lowest BCUT2D eigenvalue weighted by Gasteiger charge is -2.00. The molecule has 0 fully saturated rings. The minimum atomic E-state index is 0.515. The van der Waals surface area contributed by atoms with Crippen LogP contribution in [0.25, 0.3) is 10.8 Å². The van der Waals surface area contributed by atoms with Crippen molar-refractivity contribution in [3.63, 3.8) is 0 Å². The summed E-state index contributed by atoms with van der Waals surface area (Å²) >= 11 is 3.00. The van der Waals surface area contributed by atoms with Crippen LogP contribution in [0.2, 0.25) is 0 Å². The topological polar surface area (TPSA) is 62.7 Å². The van der Waals surface area contributed by atoms with Gasteiger partial charge in [-0.2, -0.15) is 5.26 Å². The van der Waals surface area contributed by atoms with E-state index in [0.29, 0.717) is 22.4 Å². The monoisotopic (exact) mass is 299 g/mol. The van der Waals surface area contributed by atoms with Crippen LogP contribution in [0, 0.1) is 11.3 Å². The van der Waals surface area contributed by atoms with Crippen LogP contribution in [-0.4, -0.2) is 10.2 Å². The van der Waals surface area contributed by atoms with Crippen LogP contribution >= 0.6 is 23.1 Å². The highest BCUT2D eigenvalue weighted by Gasteiger charge is 2.10. The Bertz CT molecular complexity index is 744. The Hall–Kier alpha value is -2.10. The molecular weight excluding hydrogens is 290 g/mol. The molecule has 0 aliphatic rings. The van der Waals surface area contributed by atoms with Gasteiger partial charge in [0.1, 0.15) is 0 Å². The van der Waals surface area contributed by atoms with Crippen molar-refractivity contribution in [3.8, 4) is 16.8 Å². The number of rotatable bonds is 4. The van der Waals surface area contributed by atoms with Gasteiger partial charge < -0.3 is 4.42 Å². The quantitative estimate of drug-likeness (QED) is 0.682. The molecule has 20 heavy (non-hydrogen) atoms. The number of hydrogen-bond acceptors (Lipinski definition) is 6. The zero-order chi connectivity index (χ0) is 13.8. The molecule has 0 unspecified atom stereocenters. The molecule has 0 amide bonds. The molecule has 0 bridgehead atoms. The molecule has 0 saturated heterocycles. The first kappa shape index (κ1) is 12.9. The van der Waals surface area contributed by atoms with E-state index in [2.05, 4.69) is 16.3 Å². The van der Waals surface area contributed by atoms with E-state index >= 15 is 0 Å². The maximum Gasteiger partial charge on any atom is 0.277 e. The van der Waals surface area contributed by atoms with E-state index in [1.807, 2.05) is 35.7 Å². The predicted octanol–water partition coefficient (Wildman–Crippen LogP) is 3.96. The second-order valence-electron chi connectivity index (χ2n) is 3.91. The summed E-state index contributed by atoms with van der Waals surface area (Å²) in [7, 11) is 0. The predicted molar refractivity (Wildman–Crippen MR) is 78.3 cm³/mol. The van der Waals surface area contributed by atoms with Gasteiger partial charge in [0.25, 0.3) is 11.1 Å². The van der Waals surface area contributed by atoms with E-state index in [1.54, 1.807) is 17.4 Å². The molecule has 0 aliphatic carbocycles. The van der Waals surface area contributed by atoms with Gasteiger partial charge in [-0.05, 0) is 23.1 Å². The zero-order valence-corrected chi connectivity index (χ0v) is 11.9. The summed E-state index contributed by atoms with van der Waals surface area (Å²) < 4.78 is 5.59. The minimum Gasteiger partial charge on any atom is -0.410 e. The van der Waals surface area contributed by atoms with Gasteiger partial charge in [0.2, 0.25) is 0 Å². The molecule has 0 N–H and O–H groups in total. The fourth-order valence-electron chi connectivity index (χ4n) is 1.66. The summed E-state index contributed by atoms with van der Waals surface area (Å²) in [6.07, 6.45) is 0. The Kier molecular flexibility index (Phi) is 3.81. The minimum absolute atomic E-state index is 0.515. The first-order valence-electron chi connectivity index (χ1n) is 5.85. The Morgan fingerprint density at radius 2 is 2.10 bits per heavy atom. The molecule has 2 heterocycles. The molecule has 4 nitrogen and oxygen atoms in total. The third-order valence-electron chi connectivity index (χ3n) is 2.63. The largest absolute Gasteiger partial charge is 0.410 e. The smallest absolute Gasteiger partial charge is 0.277 e. The standard InChI is InChI=1S/C14H9N3OS2/c15-8-10-4-1-2-5-11(10)9-20-14-17-16-13(18-14)12-6-3-7-19-12/h1-7H,9H2. The zero-order valence-electron chi connectivity index (χ0n) is 10.3. The molecule has 0 aliphatic heterocycles. The van der Waals surface area contributed by atoms with Crippen molar-refractivity contribution in [2.75, 3.05) is 0 Å². The van der Waals surface area contributed by atoms with Crippen LogP contribution in [0.3, 0.4) is 0 Å². The van der Waals surface area contributed by atoms with E-state index in [-0.39, 0.29) is 0 Å². The number of thiophene rings is 1.